The van der Waals surface area contributed by atoms with E-state index in [2.05, 4.69) is 34.8 Å². The van der Waals surface area contributed by atoms with Gasteiger partial charge in [-0.2, -0.15) is 0 Å². The molecule has 1 saturated heterocycles. The molecule has 0 bridgehead atoms. The second kappa shape index (κ2) is 10.2. The maximum atomic E-state index is 14.5. The number of carbonyl (C=O) groups excluding carboxylic acids is 2. The molecule has 0 unspecified atom stereocenters. The van der Waals surface area contributed by atoms with Gasteiger partial charge in [-0.25, -0.2) is 4.98 Å². The standard InChI is InChI=1S/C31H38Cl2N4O4/c1-28(2)10-12-30(13-11-28)31(21-4-3-19(32)16-22(21)36-27(31)40)24(18-7-14-34-23(33)15-18)25(37-30)26(39)35-20-5-8-29(41,17-38)9-6-20/h3-4,7,14-16,20,24-25,37-38,41H,5-6,8-13,17H2,1-2H3,(H,35,39)(H,36,40)/t20?,24-,25+,29?,31+/m0/s1. The van der Waals surface area contributed by atoms with Gasteiger partial charge in [0.05, 0.1) is 18.2 Å². The van der Waals surface area contributed by atoms with Crippen molar-refractivity contribution in [3.63, 3.8) is 0 Å². The summed E-state index contributed by atoms with van der Waals surface area (Å²) < 4.78 is 0. The number of fused-ring (bicyclic) bond motifs is 3. The van der Waals surface area contributed by atoms with Crippen molar-refractivity contribution in [2.45, 2.75) is 99.8 Å². The third-order valence-electron chi connectivity index (χ3n) is 10.4. The molecule has 5 N–H and O–H groups in total. The Balaban J connectivity index is 1.47. The van der Waals surface area contributed by atoms with Crippen LogP contribution in [-0.2, 0) is 15.0 Å². The van der Waals surface area contributed by atoms with Crippen LogP contribution in [0.3, 0.4) is 0 Å². The zero-order valence-electron chi connectivity index (χ0n) is 23.5. The number of aromatic nitrogens is 1. The van der Waals surface area contributed by atoms with E-state index in [9.17, 15) is 19.8 Å². The van der Waals surface area contributed by atoms with Crippen LogP contribution >= 0.6 is 23.2 Å². The highest BCUT2D eigenvalue weighted by Gasteiger charge is 2.72. The minimum atomic E-state index is -1.10. The molecule has 10 heteroatoms. The first-order valence-corrected chi connectivity index (χ1v) is 15.3. The van der Waals surface area contributed by atoms with Crippen molar-refractivity contribution < 1.29 is 19.8 Å². The van der Waals surface area contributed by atoms with E-state index in [0.29, 0.717) is 41.5 Å². The molecule has 3 heterocycles. The van der Waals surface area contributed by atoms with Gasteiger partial charge in [-0.15, -0.1) is 0 Å². The SMILES string of the molecule is CC1(C)CCC2(CC1)N[C@@H](C(=O)NC1CCC(O)(CO)CC1)[C@H](c1ccnc(Cl)c1)[C@]21C(=O)Nc2cc(Cl)ccc21. The van der Waals surface area contributed by atoms with Gasteiger partial charge < -0.3 is 20.8 Å². The minimum Gasteiger partial charge on any atom is -0.393 e. The van der Waals surface area contributed by atoms with Crippen molar-refractivity contribution in [2.24, 2.45) is 5.41 Å². The maximum absolute atomic E-state index is 14.5. The van der Waals surface area contributed by atoms with E-state index in [-0.39, 0.29) is 29.9 Å². The number of aliphatic hydroxyl groups is 2. The fourth-order valence-electron chi connectivity index (χ4n) is 8.04. The Morgan fingerprint density at radius 2 is 1.78 bits per heavy atom. The fourth-order valence-corrected chi connectivity index (χ4v) is 8.40. The van der Waals surface area contributed by atoms with Crippen molar-refractivity contribution in [1.82, 2.24) is 15.6 Å². The largest absolute Gasteiger partial charge is 0.393 e. The smallest absolute Gasteiger partial charge is 0.238 e. The monoisotopic (exact) mass is 600 g/mol. The average molecular weight is 602 g/mol. The summed E-state index contributed by atoms with van der Waals surface area (Å²) in [6, 6.07) is 8.31. The lowest BCUT2D eigenvalue weighted by Crippen LogP contribution is -2.61. The summed E-state index contributed by atoms with van der Waals surface area (Å²) in [6.07, 6.45) is 6.83. The van der Waals surface area contributed by atoms with Crippen molar-refractivity contribution in [3.8, 4) is 0 Å². The second-order valence-corrected chi connectivity index (χ2v) is 14.2. The lowest BCUT2D eigenvalue weighted by Gasteiger charge is -2.50. The number of benzene rings is 1. The molecule has 4 aliphatic rings. The zero-order valence-corrected chi connectivity index (χ0v) is 25.0. The number of hydrogen-bond donors (Lipinski definition) is 5. The summed E-state index contributed by atoms with van der Waals surface area (Å²) in [5.41, 5.74) is -0.451. The van der Waals surface area contributed by atoms with Crippen LogP contribution in [0.4, 0.5) is 5.69 Å². The lowest BCUT2D eigenvalue weighted by atomic mass is 9.53. The Morgan fingerprint density at radius 3 is 2.44 bits per heavy atom. The van der Waals surface area contributed by atoms with Crippen LogP contribution in [0.1, 0.15) is 82.3 Å². The van der Waals surface area contributed by atoms with E-state index in [1.165, 1.54) is 0 Å². The van der Waals surface area contributed by atoms with Crippen LogP contribution in [0.25, 0.3) is 0 Å². The molecule has 2 aliphatic carbocycles. The van der Waals surface area contributed by atoms with Gasteiger partial charge in [0, 0.05) is 34.4 Å². The topological polar surface area (TPSA) is 124 Å². The summed E-state index contributed by atoms with van der Waals surface area (Å²) in [6.45, 7) is 4.22. The molecule has 6 rings (SSSR count). The number of pyridine rings is 1. The van der Waals surface area contributed by atoms with Gasteiger partial charge in [0.2, 0.25) is 11.8 Å². The average Bonchev–Trinajstić information content (AvgIpc) is 3.39. The van der Waals surface area contributed by atoms with Crippen molar-refractivity contribution in [3.05, 3.63) is 57.8 Å². The summed E-state index contributed by atoms with van der Waals surface area (Å²) in [5.74, 6) is -0.885. The first-order valence-electron chi connectivity index (χ1n) is 14.6. The van der Waals surface area contributed by atoms with Crippen molar-refractivity contribution in [2.75, 3.05) is 11.9 Å². The fraction of sp³-hybridized carbons (Fsp3) is 0.581. The molecule has 2 aliphatic heterocycles. The Bertz CT molecular complexity index is 1370. The van der Waals surface area contributed by atoms with E-state index in [1.807, 2.05) is 18.2 Å². The van der Waals surface area contributed by atoms with Crippen LogP contribution in [0.15, 0.2) is 36.5 Å². The zero-order chi connectivity index (χ0) is 29.2. The molecule has 2 saturated carbocycles. The molecule has 41 heavy (non-hydrogen) atoms. The number of rotatable bonds is 4. The van der Waals surface area contributed by atoms with E-state index in [0.717, 1.165) is 36.8 Å². The van der Waals surface area contributed by atoms with Gasteiger partial charge in [0.25, 0.3) is 0 Å². The number of hydrogen-bond acceptors (Lipinski definition) is 6. The molecular weight excluding hydrogens is 563 g/mol. The number of anilines is 1. The molecule has 1 aromatic heterocycles. The minimum absolute atomic E-state index is 0.118. The van der Waals surface area contributed by atoms with Crippen LogP contribution in [0.2, 0.25) is 10.2 Å². The number of amides is 2. The molecule has 3 fully saturated rings. The highest BCUT2D eigenvalue weighted by molar-refractivity contribution is 6.31. The van der Waals surface area contributed by atoms with Gasteiger partial charge in [0.1, 0.15) is 10.6 Å². The first-order chi connectivity index (χ1) is 19.4. The Kier molecular flexibility index (Phi) is 7.18. The lowest BCUT2D eigenvalue weighted by molar-refractivity contribution is -0.125. The highest BCUT2D eigenvalue weighted by Crippen LogP contribution is 2.63. The predicted octanol–water partition coefficient (Wildman–Crippen LogP) is 4.46. The number of carbonyl (C=O) groups is 2. The molecule has 220 valence electrons. The Hall–Kier alpha value is -2.23. The van der Waals surface area contributed by atoms with Crippen LogP contribution in [-0.4, -0.2) is 56.8 Å². The van der Waals surface area contributed by atoms with Crippen LogP contribution in [0, 0.1) is 5.41 Å². The van der Waals surface area contributed by atoms with Gasteiger partial charge in [-0.3, -0.25) is 14.9 Å². The van der Waals surface area contributed by atoms with Crippen molar-refractivity contribution >= 4 is 40.7 Å². The molecule has 8 nitrogen and oxygen atoms in total. The summed E-state index contributed by atoms with van der Waals surface area (Å²) in [7, 11) is 0. The molecule has 3 atom stereocenters. The van der Waals surface area contributed by atoms with Gasteiger partial charge in [0.15, 0.2) is 0 Å². The molecule has 2 spiro atoms. The number of nitrogens with zero attached hydrogens (tertiary/aromatic N) is 1. The molecular formula is C31H38Cl2N4O4. The van der Waals surface area contributed by atoms with Gasteiger partial charge in [-0.05, 0) is 92.2 Å². The molecule has 0 radical (unpaired) electrons. The third-order valence-corrected chi connectivity index (χ3v) is 10.8. The Labute approximate surface area is 250 Å². The summed E-state index contributed by atoms with van der Waals surface area (Å²) in [4.78, 5) is 33.0. The van der Waals surface area contributed by atoms with Gasteiger partial charge in [-0.1, -0.05) is 43.1 Å². The first kappa shape index (κ1) is 28.9. The number of nitrogens with one attached hydrogen (secondary N) is 3. The third kappa shape index (κ3) is 4.67. The van der Waals surface area contributed by atoms with Crippen LogP contribution in [0.5, 0.6) is 0 Å². The normalized spacial score (nSPS) is 33.5. The van der Waals surface area contributed by atoms with E-state index >= 15 is 0 Å². The number of aliphatic hydroxyl groups excluding tert-OH is 1. The van der Waals surface area contributed by atoms with Crippen LogP contribution < -0.4 is 16.0 Å². The summed E-state index contributed by atoms with van der Waals surface area (Å²) >= 11 is 12.8. The maximum Gasteiger partial charge on any atom is 0.238 e. The highest BCUT2D eigenvalue weighted by atomic mass is 35.5. The summed E-state index contributed by atoms with van der Waals surface area (Å²) in [5, 5.41) is 31.1. The Morgan fingerprint density at radius 1 is 1.07 bits per heavy atom. The van der Waals surface area contributed by atoms with E-state index in [4.69, 9.17) is 23.2 Å². The second-order valence-electron chi connectivity index (χ2n) is 13.4. The molecule has 2 amide bonds. The van der Waals surface area contributed by atoms with E-state index in [1.54, 1.807) is 18.3 Å². The quantitative estimate of drug-likeness (QED) is 0.330. The van der Waals surface area contributed by atoms with Crippen molar-refractivity contribution in [1.29, 1.82) is 0 Å². The van der Waals surface area contributed by atoms with E-state index < -0.39 is 28.5 Å². The van der Waals surface area contributed by atoms with Gasteiger partial charge >= 0.3 is 0 Å². The number of halogens is 2. The molecule has 1 aromatic carbocycles. The predicted molar refractivity (Wildman–Crippen MR) is 158 cm³/mol. The molecule has 2 aromatic rings.